The Morgan fingerprint density at radius 2 is 2.24 bits per heavy atom. The van der Waals surface area contributed by atoms with E-state index in [0.717, 1.165) is 49.3 Å². The molecule has 1 unspecified atom stereocenters. The summed E-state index contributed by atoms with van der Waals surface area (Å²) in [7, 11) is 3.70. The first-order chi connectivity index (χ1) is 10.2. The van der Waals surface area contributed by atoms with Gasteiger partial charge in [-0.25, -0.2) is 9.97 Å². The van der Waals surface area contributed by atoms with Crippen molar-refractivity contribution in [2.24, 2.45) is 7.05 Å². The molecule has 2 aromatic rings. The summed E-state index contributed by atoms with van der Waals surface area (Å²) in [5.74, 6) is 0.996. The zero-order valence-corrected chi connectivity index (χ0v) is 13.0. The van der Waals surface area contributed by atoms with Gasteiger partial charge in [-0.1, -0.05) is 13.3 Å². The predicted molar refractivity (Wildman–Crippen MR) is 82.4 cm³/mol. The normalized spacial score (nSPS) is 22.3. The van der Waals surface area contributed by atoms with Gasteiger partial charge in [0.15, 0.2) is 5.65 Å². The molecule has 0 saturated carbocycles. The van der Waals surface area contributed by atoms with Crippen LogP contribution in [0.4, 0.5) is 5.82 Å². The summed E-state index contributed by atoms with van der Waals surface area (Å²) in [6.45, 7) is 3.99. The molecule has 0 aliphatic carbocycles. The van der Waals surface area contributed by atoms with Crippen molar-refractivity contribution < 1.29 is 4.74 Å². The van der Waals surface area contributed by atoms with E-state index in [-0.39, 0.29) is 5.54 Å². The van der Waals surface area contributed by atoms with E-state index in [2.05, 4.69) is 26.9 Å². The number of fused-ring (bicyclic) bond motifs is 1. The van der Waals surface area contributed by atoms with Crippen LogP contribution in [0.15, 0.2) is 12.5 Å². The van der Waals surface area contributed by atoms with Crippen LogP contribution in [0, 0.1) is 0 Å². The SMILES string of the molecule is CCCC1(COC)CCCN1c1ncnc2c1cnn2C. The molecule has 1 aliphatic rings. The Bertz CT molecular complexity index is 618. The smallest absolute Gasteiger partial charge is 0.163 e. The molecular formula is C15H23N5O. The molecular weight excluding hydrogens is 266 g/mol. The van der Waals surface area contributed by atoms with Crippen LogP contribution in [0.1, 0.15) is 32.6 Å². The Labute approximate surface area is 125 Å². The third kappa shape index (κ3) is 2.27. The van der Waals surface area contributed by atoms with E-state index in [0.29, 0.717) is 0 Å². The van der Waals surface area contributed by atoms with E-state index in [4.69, 9.17) is 4.74 Å². The quantitative estimate of drug-likeness (QED) is 0.844. The molecule has 1 atom stereocenters. The molecule has 3 heterocycles. The highest BCUT2D eigenvalue weighted by atomic mass is 16.5. The molecule has 6 nitrogen and oxygen atoms in total. The molecule has 114 valence electrons. The van der Waals surface area contributed by atoms with E-state index in [1.165, 1.54) is 6.42 Å². The van der Waals surface area contributed by atoms with E-state index in [1.54, 1.807) is 18.1 Å². The fourth-order valence-corrected chi connectivity index (χ4v) is 3.65. The highest BCUT2D eigenvalue weighted by molar-refractivity contribution is 5.87. The van der Waals surface area contributed by atoms with E-state index >= 15 is 0 Å². The van der Waals surface area contributed by atoms with Crippen molar-refractivity contribution in [2.45, 2.75) is 38.1 Å². The van der Waals surface area contributed by atoms with E-state index < -0.39 is 0 Å². The summed E-state index contributed by atoms with van der Waals surface area (Å²) >= 11 is 0. The molecule has 21 heavy (non-hydrogen) atoms. The van der Waals surface area contributed by atoms with Crippen LogP contribution in [0.3, 0.4) is 0 Å². The average molecular weight is 289 g/mol. The standard InChI is InChI=1S/C15H23N5O/c1-4-6-15(10-21-3)7-5-8-20(15)14-12-9-18-19(2)13(12)16-11-17-14/h9,11H,4-8,10H2,1-3H3. The first kappa shape index (κ1) is 14.3. The number of ether oxygens (including phenoxy) is 1. The molecule has 0 spiro atoms. The number of aromatic nitrogens is 4. The van der Waals surface area contributed by atoms with Crippen LogP contribution >= 0.6 is 0 Å². The number of methoxy groups -OCH3 is 1. The van der Waals surface area contributed by atoms with Gasteiger partial charge in [0.05, 0.1) is 23.7 Å². The summed E-state index contributed by atoms with van der Waals surface area (Å²) in [5.41, 5.74) is 0.940. The summed E-state index contributed by atoms with van der Waals surface area (Å²) in [5, 5.41) is 5.35. The van der Waals surface area contributed by atoms with Gasteiger partial charge in [-0.05, 0) is 19.3 Å². The molecule has 0 aromatic carbocycles. The van der Waals surface area contributed by atoms with Crippen LogP contribution < -0.4 is 4.90 Å². The minimum Gasteiger partial charge on any atom is -0.382 e. The molecule has 1 aliphatic heterocycles. The number of rotatable bonds is 5. The van der Waals surface area contributed by atoms with Crippen LogP contribution in [-0.2, 0) is 11.8 Å². The Morgan fingerprint density at radius 1 is 1.38 bits per heavy atom. The lowest BCUT2D eigenvalue weighted by atomic mass is 9.91. The third-order valence-corrected chi connectivity index (χ3v) is 4.49. The van der Waals surface area contributed by atoms with Crippen LogP contribution in [0.5, 0.6) is 0 Å². The lowest BCUT2D eigenvalue weighted by molar-refractivity contribution is 0.127. The molecule has 3 rings (SSSR count). The largest absolute Gasteiger partial charge is 0.382 e. The summed E-state index contributed by atoms with van der Waals surface area (Å²) in [6, 6.07) is 0. The van der Waals surface area contributed by atoms with Gasteiger partial charge in [-0.2, -0.15) is 5.10 Å². The van der Waals surface area contributed by atoms with Crippen LogP contribution in [-0.4, -0.2) is 45.5 Å². The fraction of sp³-hybridized carbons (Fsp3) is 0.667. The summed E-state index contributed by atoms with van der Waals surface area (Å²) in [4.78, 5) is 11.3. The van der Waals surface area contributed by atoms with Crippen molar-refractivity contribution in [3.05, 3.63) is 12.5 Å². The van der Waals surface area contributed by atoms with Crippen LogP contribution in [0.2, 0.25) is 0 Å². The van der Waals surface area contributed by atoms with Gasteiger partial charge in [0, 0.05) is 20.7 Å². The number of hydrogen-bond donors (Lipinski definition) is 0. The Hall–Kier alpha value is -1.69. The number of anilines is 1. The second-order valence-corrected chi connectivity index (χ2v) is 5.87. The summed E-state index contributed by atoms with van der Waals surface area (Å²) in [6.07, 6.45) is 8.09. The van der Waals surface area contributed by atoms with Gasteiger partial charge in [0.2, 0.25) is 0 Å². The average Bonchev–Trinajstić information content (AvgIpc) is 3.05. The topological polar surface area (TPSA) is 56.1 Å². The lowest BCUT2D eigenvalue weighted by Crippen LogP contribution is -2.48. The molecule has 2 aromatic heterocycles. The number of nitrogens with zero attached hydrogens (tertiary/aromatic N) is 5. The maximum atomic E-state index is 5.54. The van der Waals surface area contributed by atoms with Crippen LogP contribution in [0.25, 0.3) is 11.0 Å². The zero-order valence-electron chi connectivity index (χ0n) is 13.0. The molecule has 0 amide bonds. The van der Waals surface area contributed by atoms with Gasteiger partial charge in [0.1, 0.15) is 12.1 Å². The molecule has 6 heteroatoms. The Morgan fingerprint density at radius 3 is 3.00 bits per heavy atom. The van der Waals surface area contributed by atoms with Crippen molar-refractivity contribution in [3.8, 4) is 0 Å². The van der Waals surface area contributed by atoms with Gasteiger partial charge in [-0.3, -0.25) is 4.68 Å². The van der Waals surface area contributed by atoms with Gasteiger partial charge < -0.3 is 9.64 Å². The van der Waals surface area contributed by atoms with Crippen molar-refractivity contribution in [1.29, 1.82) is 0 Å². The second-order valence-electron chi connectivity index (χ2n) is 5.87. The second kappa shape index (κ2) is 5.60. The van der Waals surface area contributed by atoms with Gasteiger partial charge >= 0.3 is 0 Å². The lowest BCUT2D eigenvalue weighted by Gasteiger charge is -2.39. The first-order valence-electron chi connectivity index (χ1n) is 7.61. The Kier molecular flexibility index (Phi) is 3.80. The number of aryl methyl sites for hydroxylation is 1. The van der Waals surface area contributed by atoms with E-state index in [9.17, 15) is 0 Å². The minimum atomic E-state index is 0.0562. The van der Waals surface area contributed by atoms with Gasteiger partial charge in [0.25, 0.3) is 0 Å². The monoisotopic (exact) mass is 289 g/mol. The minimum absolute atomic E-state index is 0.0562. The molecule has 0 N–H and O–H groups in total. The third-order valence-electron chi connectivity index (χ3n) is 4.49. The molecule has 0 bridgehead atoms. The van der Waals surface area contributed by atoms with Gasteiger partial charge in [-0.15, -0.1) is 0 Å². The molecule has 1 saturated heterocycles. The first-order valence-corrected chi connectivity index (χ1v) is 7.61. The highest BCUT2D eigenvalue weighted by Gasteiger charge is 2.41. The van der Waals surface area contributed by atoms with Crippen molar-refractivity contribution in [3.63, 3.8) is 0 Å². The van der Waals surface area contributed by atoms with E-state index in [1.807, 2.05) is 13.2 Å². The summed E-state index contributed by atoms with van der Waals surface area (Å²) < 4.78 is 7.34. The predicted octanol–water partition coefficient (Wildman–Crippen LogP) is 2.15. The highest BCUT2D eigenvalue weighted by Crippen LogP contribution is 2.39. The molecule has 1 fully saturated rings. The molecule has 0 radical (unpaired) electrons. The number of hydrogen-bond acceptors (Lipinski definition) is 5. The zero-order chi connectivity index (χ0) is 14.9. The maximum Gasteiger partial charge on any atom is 0.163 e. The van der Waals surface area contributed by atoms with Crippen molar-refractivity contribution in [2.75, 3.05) is 25.2 Å². The van der Waals surface area contributed by atoms with Crippen molar-refractivity contribution >= 4 is 16.9 Å². The Balaban J connectivity index is 2.07. The maximum absolute atomic E-state index is 5.54. The van der Waals surface area contributed by atoms with Crippen molar-refractivity contribution in [1.82, 2.24) is 19.7 Å². The fourth-order valence-electron chi connectivity index (χ4n) is 3.65.